The molecule has 234 valence electrons. The molecule has 0 amide bonds. The molecule has 2 aliphatic carbocycles. The van der Waals surface area contributed by atoms with E-state index in [1.54, 1.807) is 26.8 Å². The quantitative estimate of drug-likeness (QED) is 0.210. The van der Waals surface area contributed by atoms with E-state index < -0.39 is 54.3 Å². The third-order valence-electron chi connectivity index (χ3n) is 10.2. The number of esters is 2. The van der Waals surface area contributed by atoms with Crippen LogP contribution in [-0.2, 0) is 28.5 Å². The monoisotopic (exact) mass is 580 g/mol. The second kappa shape index (κ2) is 13.2. The lowest BCUT2D eigenvalue weighted by atomic mass is 9.46. The van der Waals surface area contributed by atoms with E-state index in [0.29, 0.717) is 18.4 Å². The summed E-state index contributed by atoms with van der Waals surface area (Å²) in [7, 11) is 1.41. The molecule has 41 heavy (non-hydrogen) atoms. The molecule has 0 aromatic carbocycles. The number of hydrogen-bond donors (Lipinski definition) is 3. The van der Waals surface area contributed by atoms with Crippen molar-refractivity contribution in [2.45, 2.75) is 130 Å². The number of aliphatic hydroxyl groups excluding tert-OH is 3. The molecule has 1 heterocycles. The molecule has 0 spiro atoms. The highest BCUT2D eigenvalue weighted by Gasteiger charge is 2.61. The molecule has 11 unspecified atom stereocenters. The zero-order chi connectivity index (χ0) is 30.9. The maximum Gasteiger partial charge on any atom is 0.333 e. The van der Waals surface area contributed by atoms with E-state index in [1.165, 1.54) is 12.7 Å². The SMILES string of the molecule is CC=C(C)C(=O)OC1C(OC2OC(C)C(O)C(O)C2O)CC2(C)C(CCC(C)CC(=O)OC)C(C)=CCC2C1(C)C. The van der Waals surface area contributed by atoms with Crippen molar-refractivity contribution in [3.63, 3.8) is 0 Å². The van der Waals surface area contributed by atoms with Crippen LogP contribution in [0.4, 0.5) is 0 Å². The first kappa shape index (κ1) is 33.7. The van der Waals surface area contributed by atoms with Crippen molar-refractivity contribution in [2.75, 3.05) is 7.11 Å². The molecule has 1 saturated carbocycles. The number of hydrogen-bond acceptors (Lipinski definition) is 9. The third-order valence-corrected chi connectivity index (χ3v) is 10.2. The summed E-state index contributed by atoms with van der Waals surface area (Å²) in [6, 6.07) is 0. The number of methoxy groups -OCH3 is 1. The van der Waals surface area contributed by atoms with Gasteiger partial charge in [0.05, 0.1) is 19.3 Å². The fourth-order valence-corrected chi connectivity index (χ4v) is 7.58. The van der Waals surface area contributed by atoms with Crippen LogP contribution in [0.5, 0.6) is 0 Å². The summed E-state index contributed by atoms with van der Waals surface area (Å²) in [5, 5.41) is 31.5. The van der Waals surface area contributed by atoms with Gasteiger partial charge in [-0.15, -0.1) is 0 Å². The Labute approximate surface area is 245 Å². The van der Waals surface area contributed by atoms with Gasteiger partial charge in [0.1, 0.15) is 24.4 Å². The number of ether oxygens (including phenoxy) is 4. The first-order valence-electron chi connectivity index (χ1n) is 15.0. The van der Waals surface area contributed by atoms with Crippen molar-refractivity contribution < 1.29 is 43.9 Å². The Morgan fingerprint density at radius 1 is 1.17 bits per heavy atom. The van der Waals surface area contributed by atoms with Gasteiger partial charge in [-0.3, -0.25) is 4.79 Å². The van der Waals surface area contributed by atoms with Crippen LogP contribution in [0, 0.1) is 28.6 Å². The van der Waals surface area contributed by atoms with E-state index in [0.717, 1.165) is 19.3 Å². The number of carbonyl (C=O) groups excluding carboxylic acids is 2. The number of fused-ring (bicyclic) bond motifs is 1. The number of allylic oxidation sites excluding steroid dienone is 3. The number of aliphatic hydroxyl groups is 3. The maximum atomic E-state index is 13.1. The fourth-order valence-electron chi connectivity index (χ4n) is 7.58. The molecule has 2 fully saturated rings. The highest BCUT2D eigenvalue weighted by atomic mass is 16.7. The molecule has 3 N–H and O–H groups in total. The Morgan fingerprint density at radius 2 is 1.83 bits per heavy atom. The minimum atomic E-state index is -1.47. The van der Waals surface area contributed by atoms with E-state index in [2.05, 4.69) is 40.7 Å². The van der Waals surface area contributed by atoms with Gasteiger partial charge in [0.15, 0.2) is 6.29 Å². The van der Waals surface area contributed by atoms with Crippen LogP contribution in [0.1, 0.15) is 87.5 Å². The van der Waals surface area contributed by atoms with Gasteiger partial charge < -0.3 is 34.3 Å². The van der Waals surface area contributed by atoms with Crippen LogP contribution in [-0.4, -0.2) is 77.3 Å². The normalized spacial score (nSPS) is 39.8. The molecule has 0 radical (unpaired) electrons. The first-order valence-corrected chi connectivity index (χ1v) is 15.0. The van der Waals surface area contributed by atoms with Gasteiger partial charge >= 0.3 is 11.9 Å². The zero-order valence-electron chi connectivity index (χ0n) is 26.3. The molecule has 3 aliphatic rings. The molecule has 0 bridgehead atoms. The van der Waals surface area contributed by atoms with E-state index in [1.807, 2.05) is 0 Å². The molecule has 0 aromatic rings. The smallest absolute Gasteiger partial charge is 0.333 e. The Balaban J connectivity index is 1.97. The van der Waals surface area contributed by atoms with Crippen molar-refractivity contribution in [3.8, 4) is 0 Å². The van der Waals surface area contributed by atoms with Crippen molar-refractivity contribution >= 4 is 11.9 Å². The summed E-state index contributed by atoms with van der Waals surface area (Å²) in [6.07, 6.45) is 0.0831. The largest absolute Gasteiger partial charge is 0.469 e. The van der Waals surface area contributed by atoms with Gasteiger partial charge in [0.25, 0.3) is 0 Å². The third kappa shape index (κ3) is 6.90. The van der Waals surface area contributed by atoms with Crippen LogP contribution in [0.2, 0.25) is 0 Å². The van der Waals surface area contributed by atoms with Crippen molar-refractivity contribution in [3.05, 3.63) is 23.3 Å². The van der Waals surface area contributed by atoms with Gasteiger partial charge in [-0.1, -0.05) is 45.4 Å². The average molecular weight is 581 g/mol. The predicted molar refractivity (Wildman–Crippen MR) is 153 cm³/mol. The van der Waals surface area contributed by atoms with Crippen LogP contribution in [0.15, 0.2) is 23.3 Å². The summed E-state index contributed by atoms with van der Waals surface area (Å²) in [5.74, 6) is -0.109. The highest BCUT2D eigenvalue weighted by molar-refractivity contribution is 5.87. The average Bonchev–Trinajstić information content (AvgIpc) is 2.91. The van der Waals surface area contributed by atoms with Gasteiger partial charge in [-0.25, -0.2) is 4.79 Å². The summed E-state index contributed by atoms with van der Waals surface area (Å²) in [4.78, 5) is 24.9. The van der Waals surface area contributed by atoms with Crippen LogP contribution in [0.25, 0.3) is 0 Å². The molecular weight excluding hydrogens is 528 g/mol. The molecule has 3 rings (SSSR count). The Bertz CT molecular complexity index is 1000. The van der Waals surface area contributed by atoms with Crippen LogP contribution < -0.4 is 0 Å². The summed E-state index contributed by atoms with van der Waals surface area (Å²) >= 11 is 0. The minimum absolute atomic E-state index is 0.159. The fraction of sp³-hybridized carbons (Fsp3) is 0.812. The summed E-state index contributed by atoms with van der Waals surface area (Å²) in [6.45, 7) is 15.8. The lowest BCUT2D eigenvalue weighted by Crippen LogP contribution is -2.64. The molecule has 9 nitrogen and oxygen atoms in total. The molecular formula is C32H52O9. The Morgan fingerprint density at radius 3 is 2.44 bits per heavy atom. The maximum absolute atomic E-state index is 13.1. The van der Waals surface area contributed by atoms with Gasteiger partial charge in [0.2, 0.25) is 0 Å². The van der Waals surface area contributed by atoms with E-state index in [4.69, 9.17) is 18.9 Å². The summed E-state index contributed by atoms with van der Waals surface area (Å²) in [5.41, 5.74) is 1.02. The van der Waals surface area contributed by atoms with Gasteiger partial charge in [-0.2, -0.15) is 0 Å². The summed E-state index contributed by atoms with van der Waals surface area (Å²) < 4.78 is 23.3. The van der Waals surface area contributed by atoms with Crippen LogP contribution >= 0.6 is 0 Å². The molecule has 1 aliphatic heterocycles. The van der Waals surface area contributed by atoms with E-state index in [9.17, 15) is 24.9 Å². The lowest BCUT2D eigenvalue weighted by molar-refractivity contribution is -0.325. The highest BCUT2D eigenvalue weighted by Crippen LogP contribution is 2.62. The second-order valence-corrected chi connectivity index (χ2v) is 13.4. The van der Waals surface area contributed by atoms with Crippen LogP contribution in [0.3, 0.4) is 0 Å². The standard InChI is InChI=1S/C32H52O9/c1-10-18(3)29(37)41-28-22(40-30-27(36)26(35)25(34)20(5)39-30)16-32(8)21(13-11-17(2)15-24(33)38-9)19(4)12-14-23(32)31(28,6)7/h10,12,17,20-23,25-28,30,34-36H,11,13-16H2,1-9H3. The van der Waals surface area contributed by atoms with Crippen molar-refractivity contribution in [1.29, 1.82) is 0 Å². The molecule has 9 heteroatoms. The van der Waals surface area contributed by atoms with Crippen molar-refractivity contribution in [1.82, 2.24) is 0 Å². The molecule has 11 atom stereocenters. The number of carbonyl (C=O) groups is 2. The van der Waals surface area contributed by atoms with Crippen molar-refractivity contribution in [2.24, 2.45) is 28.6 Å². The Hall–Kier alpha value is -1.78. The second-order valence-electron chi connectivity index (χ2n) is 13.4. The zero-order valence-corrected chi connectivity index (χ0v) is 26.3. The first-order chi connectivity index (χ1) is 19.1. The molecule has 0 aromatic heterocycles. The lowest BCUT2D eigenvalue weighted by Gasteiger charge is -2.61. The number of rotatable bonds is 9. The Kier molecular flexibility index (Phi) is 10.9. The topological polar surface area (TPSA) is 132 Å². The molecule has 1 saturated heterocycles. The van der Waals surface area contributed by atoms with E-state index in [-0.39, 0.29) is 29.1 Å². The van der Waals surface area contributed by atoms with E-state index >= 15 is 0 Å². The van der Waals surface area contributed by atoms with Gasteiger partial charge in [0, 0.05) is 17.4 Å². The predicted octanol–water partition coefficient (Wildman–Crippen LogP) is 4.08. The van der Waals surface area contributed by atoms with Gasteiger partial charge in [-0.05, 0) is 76.5 Å². The minimum Gasteiger partial charge on any atom is -0.469 e.